The van der Waals surface area contributed by atoms with E-state index in [0.29, 0.717) is 6.42 Å². The van der Waals surface area contributed by atoms with Crippen LogP contribution in [0.1, 0.15) is 68.2 Å². The fourth-order valence-electron chi connectivity index (χ4n) is 3.85. The van der Waals surface area contributed by atoms with Gasteiger partial charge in [0.15, 0.2) is 0 Å². The average Bonchev–Trinajstić information content (AvgIpc) is 2.94. The molecule has 0 aromatic rings. The van der Waals surface area contributed by atoms with E-state index in [-0.39, 0.29) is 18.3 Å². The molecule has 0 spiro atoms. The van der Waals surface area contributed by atoms with Gasteiger partial charge in [0.25, 0.3) is 0 Å². The van der Waals surface area contributed by atoms with Crippen molar-refractivity contribution in [1.82, 2.24) is 31.9 Å². The van der Waals surface area contributed by atoms with Crippen LogP contribution in [0.5, 0.6) is 0 Å². The number of nitrogens with one attached hydrogen (secondary N) is 6. The number of carboxylic acid groups (broad SMARTS) is 1. The van der Waals surface area contributed by atoms with Crippen molar-refractivity contribution >= 4 is 41.4 Å². The van der Waals surface area contributed by atoms with Gasteiger partial charge in [-0.1, -0.05) is 48.0 Å². The van der Waals surface area contributed by atoms with Crippen molar-refractivity contribution in [2.75, 3.05) is 13.2 Å². The van der Waals surface area contributed by atoms with Gasteiger partial charge in [-0.05, 0) is 38.0 Å². The lowest BCUT2D eigenvalue weighted by atomic mass is 9.97. The van der Waals surface area contributed by atoms with Crippen molar-refractivity contribution in [1.29, 1.82) is 0 Å². The van der Waals surface area contributed by atoms with E-state index in [1.807, 2.05) is 13.8 Å². The van der Waals surface area contributed by atoms with E-state index in [4.69, 9.17) is 10.8 Å². The Hall–Kier alpha value is -3.79. The van der Waals surface area contributed by atoms with E-state index in [0.717, 1.165) is 0 Å². The number of aliphatic hydroxyl groups is 1. The molecule has 0 heterocycles. The molecule has 0 aromatic heterocycles. The smallest absolute Gasteiger partial charge is 0.326 e. The molecule has 0 bridgehead atoms. The van der Waals surface area contributed by atoms with E-state index in [2.05, 4.69) is 31.9 Å². The number of carbonyl (C=O) groups excluding carboxylic acids is 6. The molecule has 10 N–H and O–H groups in total. The monoisotopic (exact) mass is 629 g/mol. The third-order valence-corrected chi connectivity index (χ3v) is 6.84. The Kier molecular flexibility index (Phi) is 17.8. The fourth-order valence-corrected chi connectivity index (χ4v) is 3.85. The van der Waals surface area contributed by atoms with Gasteiger partial charge in [-0.25, -0.2) is 4.79 Å². The summed E-state index contributed by atoms with van der Waals surface area (Å²) in [6.45, 7) is 12.2. The van der Waals surface area contributed by atoms with Gasteiger partial charge in [-0.3, -0.25) is 28.8 Å². The highest BCUT2D eigenvalue weighted by atomic mass is 16.4. The van der Waals surface area contributed by atoms with Crippen molar-refractivity contribution in [3.63, 3.8) is 0 Å². The fraction of sp³-hybridized carbons (Fsp3) is 0.750. The van der Waals surface area contributed by atoms with Gasteiger partial charge in [-0.2, -0.15) is 0 Å². The van der Waals surface area contributed by atoms with Gasteiger partial charge in [-0.15, -0.1) is 0 Å². The Morgan fingerprint density at radius 3 is 1.61 bits per heavy atom. The molecule has 16 nitrogen and oxygen atoms in total. The zero-order chi connectivity index (χ0) is 34.3. The Bertz CT molecular complexity index is 1020. The van der Waals surface area contributed by atoms with Gasteiger partial charge in [0.2, 0.25) is 35.4 Å². The van der Waals surface area contributed by atoms with E-state index in [1.165, 1.54) is 13.8 Å². The maximum absolute atomic E-state index is 13.1. The minimum atomic E-state index is -1.20. The number of amides is 6. The van der Waals surface area contributed by atoms with Crippen LogP contribution in [-0.2, 0) is 33.6 Å². The van der Waals surface area contributed by atoms with Crippen LogP contribution in [0.4, 0.5) is 0 Å². The molecule has 0 saturated carbocycles. The molecule has 0 rings (SSSR count). The standard InChI is InChI=1S/C28H51N7O9/c1-9-15(6)22(34-20(37)11-30-25(40)18(29)12-36)27(42)32-17(8)24(39)35-21(14(4)5)26(41)31-16(7)23(38)33-19(28(43)44)10-13(2)3/h13-19,21-22,36H,9-12,29H2,1-8H3,(H,30,40)(H,31,41)(H,32,42)(H,33,38)(H,34,37)(H,35,39)(H,43,44)/t15-,16-,17-,18-,19-,21-,22-/m0/s1. The zero-order valence-electron chi connectivity index (χ0n) is 26.9. The SMILES string of the molecule is CC[C@H](C)[C@H](NC(=O)CNC(=O)[C@@H](N)CO)C(=O)N[C@@H](C)C(=O)N[C@H](C(=O)N[C@@H](C)C(=O)N[C@@H](CC(C)C)C(=O)O)C(C)C. The summed E-state index contributed by atoms with van der Waals surface area (Å²) in [4.78, 5) is 87.2. The van der Waals surface area contributed by atoms with Gasteiger partial charge in [0, 0.05) is 0 Å². The number of carbonyl (C=O) groups is 7. The van der Waals surface area contributed by atoms with Gasteiger partial charge in [0.05, 0.1) is 13.2 Å². The lowest BCUT2D eigenvalue weighted by Crippen LogP contribution is -2.59. The number of rotatable bonds is 19. The van der Waals surface area contributed by atoms with Crippen molar-refractivity contribution in [3.8, 4) is 0 Å². The van der Waals surface area contributed by atoms with Crippen molar-refractivity contribution in [3.05, 3.63) is 0 Å². The summed E-state index contributed by atoms with van der Waals surface area (Å²) in [7, 11) is 0. The molecule has 7 atom stereocenters. The molecule has 0 unspecified atom stereocenters. The summed E-state index contributed by atoms with van der Waals surface area (Å²) < 4.78 is 0. The summed E-state index contributed by atoms with van der Waals surface area (Å²) in [5.74, 6) is -6.15. The van der Waals surface area contributed by atoms with Gasteiger partial charge < -0.3 is 47.8 Å². The van der Waals surface area contributed by atoms with E-state index in [9.17, 15) is 38.7 Å². The first-order valence-electron chi connectivity index (χ1n) is 14.7. The molecule has 0 fully saturated rings. The molecule has 0 aliphatic heterocycles. The maximum Gasteiger partial charge on any atom is 0.326 e. The first-order valence-corrected chi connectivity index (χ1v) is 14.7. The van der Waals surface area contributed by atoms with Crippen molar-refractivity contribution < 1.29 is 43.8 Å². The van der Waals surface area contributed by atoms with Crippen LogP contribution in [0.15, 0.2) is 0 Å². The molecule has 0 aliphatic carbocycles. The molecule has 0 saturated heterocycles. The molecule has 0 radical (unpaired) electrons. The summed E-state index contributed by atoms with van der Waals surface area (Å²) in [5, 5.41) is 33.1. The molecule has 44 heavy (non-hydrogen) atoms. The molecule has 0 aliphatic rings. The van der Waals surface area contributed by atoms with E-state index < -0.39 is 96.7 Å². The molecule has 0 aromatic carbocycles. The topological polar surface area (TPSA) is 258 Å². The second kappa shape index (κ2) is 19.5. The Morgan fingerprint density at radius 1 is 0.682 bits per heavy atom. The first kappa shape index (κ1) is 40.2. The second-order valence-corrected chi connectivity index (χ2v) is 11.7. The lowest BCUT2D eigenvalue weighted by molar-refractivity contribution is -0.142. The predicted octanol–water partition coefficient (Wildman–Crippen LogP) is -2.28. The highest BCUT2D eigenvalue weighted by Gasteiger charge is 2.32. The summed E-state index contributed by atoms with van der Waals surface area (Å²) in [5.41, 5.74) is 5.40. The molecule has 6 amide bonds. The highest BCUT2D eigenvalue weighted by molar-refractivity contribution is 5.96. The molecule has 16 heteroatoms. The van der Waals surface area contributed by atoms with E-state index in [1.54, 1.807) is 27.7 Å². The molecular weight excluding hydrogens is 578 g/mol. The normalized spacial score (nSPS) is 15.9. The first-order chi connectivity index (χ1) is 20.4. The minimum absolute atomic E-state index is 0.00515. The Balaban J connectivity index is 5.34. The third kappa shape index (κ3) is 14.1. The number of aliphatic carboxylic acids is 1. The average molecular weight is 630 g/mol. The number of hydrogen-bond donors (Lipinski definition) is 9. The summed E-state index contributed by atoms with van der Waals surface area (Å²) >= 11 is 0. The highest BCUT2D eigenvalue weighted by Crippen LogP contribution is 2.09. The minimum Gasteiger partial charge on any atom is -0.480 e. The quantitative estimate of drug-likeness (QED) is 0.0739. The van der Waals surface area contributed by atoms with Crippen LogP contribution in [0.2, 0.25) is 0 Å². The lowest BCUT2D eigenvalue weighted by Gasteiger charge is -2.28. The van der Waals surface area contributed by atoms with Crippen LogP contribution < -0.4 is 37.6 Å². The van der Waals surface area contributed by atoms with Crippen LogP contribution in [0.3, 0.4) is 0 Å². The number of nitrogens with two attached hydrogens (primary N) is 1. The number of aliphatic hydroxyl groups excluding tert-OH is 1. The Morgan fingerprint density at radius 2 is 1.18 bits per heavy atom. The predicted molar refractivity (Wildman–Crippen MR) is 160 cm³/mol. The van der Waals surface area contributed by atoms with Gasteiger partial charge in [0.1, 0.15) is 36.3 Å². The van der Waals surface area contributed by atoms with Gasteiger partial charge >= 0.3 is 5.97 Å². The van der Waals surface area contributed by atoms with Crippen molar-refractivity contribution in [2.45, 2.75) is 104 Å². The van der Waals surface area contributed by atoms with E-state index >= 15 is 0 Å². The number of hydrogen-bond acceptors (Lipinski definition) is 9. The molecular formula is C28H51N7O9. The second-order valence-electron chi connectivity index (χ2n) is 11.7. The van der Waals surface area contributed by atoms with Crippen molar-refractivity contribution in [2.24, 2.45) is 23.5 Å². The third-order valence-electron chi connectivity index (χ3n) is 6.84. The van der Waals surface area contributed by atoms with Crippen LogP contribution in [-0.4, -0.2) is 101 Å². The summed E-state index contributed by atoms with van der Waals surface area (Å²) in [6, 6.07) is -6.71. The maximum atomic E-state index is 13.1. The summed E-state index contributed by atoms with van der Waals surface area (Å²) in [6.07, 6.45) is 0.695. The number of carboxylic acids is 1. The van der Waals surface area contributed by atoms with Crippen LogP contribution in [0, 0.1) is 17.8 Å². The zero-order valence-corrected chi connectivity index (χ0v) is 26.9. The largest absolute Gasteiger partial charge is 0.480 e. The van der Waals surface area contributed by atoms with Crippen LogP contribution in [0.25, 0.3) is 0 Å². The molecule has 252 valence electrons. The van der Waals surface area contributed by atoms with Crippen LogP contribution >= 0.6 is 0 Å². The Labute approximate surface area is 258 Å².